The number of rotatable bonds is 0. The van der Waals surface area contributed by atoms with Crippen LogP contribution >= 0.6 is 0 Å². The van der Waals surface area contributed by atoms with Crippen molar-refractivity contribution in [1.82, 2.24) is 0 Å². The fraction of sp³-hybridized carbons (Fsp3) is 0.300. The van der Waals surface area contributed by atoms with Crippen molar-refractivity contribution in [2.45, 2.75) is 19.3 Å². The number of carbonyl (C=O) groups is 1. The number of hydrogen-bond donors (Lipinski definition) is 2. The normalized spacial score (nSPS) is 18.5. The van der Waals surface area contributed by atoms with Crippen molar-refractivity contribution >= 4 is 17.3 Å². The lowest BCUT2D eigenvalue weighted by atomic mass is 9.85. The van der Waals surface area contributed by atoms with E-state index in [1.54, 1.807) is 18.2 Å². The first-order valence-electron chi connectivity index (χ1n) is 4.44. The first-order valence-corrected chi connectivity index (χ1v) is 4.44. The van der Waals surface area contributed by atoms with Gasteiger partial charge in [0.2, 0.25) is 0 Å². The van der Waals surface area contributed by atoms with E-state index in [2.05, 4.69) is 0 Å². The summed E-state index contributed by atoms with van der Waals surface area (Å²) in [5.41, 5.74) is 7.38. The molecule has 14 heavy (non-hydrogen) atoms. The number of nitrogens with zero attached hydrogens (tertiary/aromatic N) is 1. The minimum absolute atomic E-state index is 0.120. The van der Waals surface area contributed by atoms with Gasteiger partial charge in [0.1, 0.15) is 0 Å². The Hall–Kier alpha value is -1.55. The van der Waals surface area contributed by atoms with Gasteiger partial charge in [-0.3, -0.25) is 4.79 Å². The van der Waals surface area contributed by atoms with Crippen molar-refractivity contribution < 1.29 is 4.79 Å². The molecule has 0 radical (unpaired) electrons. The lowest BCUT2D eigenvalue weighted by Gasteiger charge is -2.17. The second kappa shape index (κ2) is 2.48. The number of anilines is 2. The molecule has 2 rings (SSSR count). The summed E-state index contributed by atoms with van der Waals surface area (Å²) in [5, 5.41) is 1.17. The highest BCUT2D eigenvalue weighted by atomic mass is 16.2. The molecule has 0 unspecified atom stereocenters. The zero-order chi connectivity index (χ0) is 10.5. The summed E-state index contributed by atoms with van der Waals surface area (Å²) in [5.74, 6) is 5.54. The highest BCUT2D eigenvalue weighted by molar-refractivity contribution is 6.08. The SMILES string of the molecule is CC1(C)C(=O)N(N)c2cccc(N)c21. The van der Waals surface area contributed by atoms with E-state index in [-0.39, 0.29) is 5.91 Å². The first kappa shape index (κ1) is 9.02. The lowest BCUT2D eigenvalue weighted by molar-refractivity contribution is -0.122. The third kappa shape index (κ3) is 0.886. The van der Waals surface area contributed by atoms with Crippen molar-refractivity contribution in [2.24, 2.45) is 5.84 Å². The summed E-state index contributed by atoms with van der Waals surface area (Å²) in [4.78, 5) is 11.8. The summed E-state index contributed by atoms with van der Waals surface area (Å²) in [6.45, 7) is 3.66. The van der Waals surface area contributed by atoms with Gasteiger partial charge in [-0.1, -0.05) is 6.07 Å². The van der Waals surface area contributed by atoms with Gasteiger partial charge in [0.25, 0.3) is 5.91 Å². The summed E-state index contributed by atoms with van der Waals surface area (Å²) in [7, 11) is 0. The second-order valence-corrected chi connectivity index (χ2v) is 4.04. The van der Waals surface area contributed by atoms with Gasteiger partial charge in [0.05, 0.1) is 11.1 Å². The third-order valence-electron chi connectivity index (χ3n) is 2.71. The smallest absolute Gasteiger partial charge is 0.251 e. The molecule has 1 heterocycles. The maximum atomic E-state index is 11.8. The molecule has 1 aromatic carbocycles. The Bertz CT molecular complexity index is 412. The molecule has 1 aliphatic heterocycles. The van der Waals surface area contributed by atoms with Crippen LogP contribution in [0.25, 0.3) is 0 Å². The zero-order valence-electron chi connectivity index (χ0n) is 8.24. The highest BCUT2D eigenvalue weighted by Crippen LogP contribution is 2.42. The van der Waals surface area contributed by atoms with E-state index in [0.717, 1.165) is 5.56 Å². The molecule has 0 fully saturated rings. The van der Waals surface area contributed by atoms with E-state index < -0.39 is 5.41 Å². The molecule has 4 heteroatoms. The number of hydrazine groups is 1. The molecule has 1 aliphatic rings. The molecule has 0 spiro atoms. The van der Waals surface area contributed by atoms with Gasteiger partial charge in [-0.25, -0.2) is 10.9 Å². The van der Waals surface area contributed by atoms with Crippen LogP contribution < -0.4 is 16.6 Å². The molecule has 4 nitrogen and oxygen atoms in total. The minimum atomic E-state index is -0.616. The molecule has 1 amide bonds. The van der Waals surface area contributed by atoms with Gasteiger partial charge in [-0.15, -0.1) is 0 Å². The molecule has 1 aromatic rings. The maximum Gasteiger partial charge on any atom is 0.251 e. The van der Waals surface area contributed by atoms with Crippen LogP contribution in [0.1, 0.15) is 19.4 Å². The molecule has 0 atom stereocenters. The summed E-state index contributed by atoms with van der Waals surface area (Å²) < 4.78 is 0. The minimum Gasteiger partial charge on any atom is -0.398 e. The Morgan fingerprint density at radius 3 is 2.57 bits per heavy atom. The first-order chi connectivity index (χ1) is 6.46. The Balaban J connectivity index is 2.75. The van der Waals surface area contributed by atoms with E-state index in [9.17, 15) is 4.79 Å². The molecule has 0 bridgehead atoms. The standard InChI is InChI=1S/C10H13N3O/c1-10(2)8-6(11)4-3-5-7(8)13(12)9(10)14/h3-5H,11-12H2,1-2H3. The third-order valence-corrected chi connectivity index (χ3v) is 2.71. The van der Waals surface area contributed by atoms with E-state index in [1.807, 2.05) is 13.8 Å². The second-order valence-electron chi connectivity index (χ2n) is 4.04. The lowest BCUT2D eigenvalue weighted by Crippen LogP contribution is -2.40. The van der Waals surface area contributed by atoms with Crippen LogP contribution in [0.2, 0.25) is 0 Å². The van der Waals surface area contributed by atoms with Crippen molar-refractivity contribution in [3.05, 3.63) is 23.8 Å². The number of hydrogen-bond acceptors (Lipinski definition) is 3. The Morgan fingerprint density at radius 1 is 1.36 bits per heavy atom. The van der Waals surface area contributed by atoms with Crippen LogP contribution in [0, 0.1) is 0 Å². The van der Waals surface area contributed by atoms with Crippen molar-refractivity contribution in [3.8, 4) is 0 Å². The average Bonchev–Trinajstić information content (AvgIpc) is 2.29. The van der Waals surface area contributed by atoms with Gasteiger partial charge < -0.3 is 5.73 Å². The molecule has 4 N–H and O–H groups in total. The molecule has 0 aromatic heterocycles. The van der Waals surface area contributed by atoms with Crippen LogP contribution in [-0.4, -0.2) is 5.91 Å². The summed E-state index contributed by atoms with van der Waals surface area (Å²) in [6.07, 6.45) is 0. The Kier molecular flexibility index (Phi) is 1.60. The quantitative estimate of drug-likeness (QED) is 0.361. The van der Waals surface area contributed by atoms with Crippen LogP contribution in [-0.2, 0) is 10.2 Å². The van der Waals surface area contributed by atoms with Crippen LogP contribution in [0.5, 0.6) is 0 Å². The highest BCUT2D eigenvalue weighted by Gasteiger charge is 2.44. The van der Waals surface area contributed by atoms with E-state index >= 15 is 0 Å². The van der Waals surface area contributed by atoms with Gasteiger partial charge >= 0.3 is 0 Å². The van der Waals surface area contributed by atoms with Crippen molar-refractivity contribution in [1.29, 1.82) is 0 Å². The van der Waals surface area contributed by atoms with Gasteiger partial charge in [0, 0.05) is 11.3 Å². The van der Waals surface area contributed by atoms with E-state index in [1.165, 1.54) is 5.01 Å². The Labute approximate surface area is 82.5 Å². The van der Waals surface area contributed by atoms with E-state index in [0.29, 0.717) is 11.4 Å². The van der Waals surface area contributed by atoms with Crippen molar-refractivity contribution in [2.75, 3.05) is 10.7 Å². The number of nitrogens with two attached hydrogens (primary N) is 2. The fourth-order valence-electron chi connectivity index (χ4n) is 1.96. The largest absolute Gasteiger partial charge is 0.398 e. The van der Waals surface area contributed by atoms with Crippen LogP contribution in [0.3, 0.4) is 0 Å². The molecule has 74 valence electrons. The molecular formula is C10H13N3O. The number of carbonyl (C=O) groups excluding carboxylic acids is 1. The van der Waals surface area contributed by atoms with E-state index in [4.69, 9.17) is 11.6 Å². The molecule has 0 saturated carbocycles. The number of benzene rings is 1. The fourth-order valence-corrected chi connectivity index (χ4v) is 1.96. The number of fused-ring (bicyclic) bond motifs is 1. The maximum absolute atomic E-state index is 11.8. The Morgan fingerprint density at radius 2 is 2.00 bits per heavy atom. The van der Waals surface area contributed by atoms with Crippen LogP contribution in [0.15, 0.2) is 18.2 Å². The predicted octanol–water partition coefficient (Wildman–Crippen LogP) is 0.767. The van der Waals surface area contributed by atoms with Gasteiger partial charge in [-0.2, -0.15) is 0 Å². The summed E-state index contributed by atoms with van der Waals surface area (Å²) in [6, 6.07) is 5.38. The number of amides is 1. The van der Waals surface area contributed by atoms with Gasteiger partial charge in [-0.05, 0) is 26.0 Å². The van der Waals surface area contributed by atoms with Crippen LogP contribution in [0.4, 0.5) is 11.4 Å². The summed E-state index contributed by atoms with van der Waals surface area (Å²) >= 11 is 0. The monoisotopic (exact) mass is 191 g/mol. The van der Waals surface area contributed by atoms with Crippen molar-refractivity contribution in [3.63, 3.8) is 0 Å². The molecular weight excluding hydrogens is 178 g/mol. The van der Waals surface area contributed by atoms with Gasteiger partial charge in [0.15, 0.2) is 0 Å². The topological polar surface area (TPSA) is 72.3 Å². The average molecular weight is 191 g/mol. The predicted molar refractivity (Wildman–Crippen MR) is 55.6 cm³/mol. The molecule has 0 saturated heterocycles. The molecule has 0 aliphatic carbocycles. The number of nitrogen functional groups attached to an aromatic ring is 1. The zero-order valence-corrected chi connectivity index (χ0v) is 8.24.